The van der Waals surface area contributed by atoms with Gasteiger partial charge in [0, 0.05) is 7.05 Å². The molecule has 0 radical (unpaired) electrons. The highest BCUT2D eigenvalue weighted by atomic mass is 16.2. The van der Waals surface area contributed by atoms with E-state index in [9.17, 15) is 4.79 Å². The molecule has 0 bridgehead atoms. The summed E-state index contributed by atoms with van der Waals surface area (Å²) in [7, 11) is 1.61. The van der Waals surface area contributed by atoms with Crippen LogP contribution in [0.25, 0.3) is 0 Å². The number of terminal acetylenes is 1. The summed E-state index contributed by atoms with van der Waals surface area (Å²) in [6.45, 7) is 0. The highest BCUT2D eigenvalue weighted by Gasteiger charge is 2.47. The Hall–Kier alpha value is -0.970. The maximum absolute atomic E-state index is 10.9. The molecule has 0 unspecified atom stereocenters. The van der Waals surface area contributed by atoms with Gasteiger partial charge in [0.05, 0.1) is 0 Å². The molecule has 2 heteroatoms. The Morgan fingerprint density at radius 3 is 2.44 bits per heavy atom. The summed E-state index contributed by atoms with van der Waals surface area (Å²) in [5.74, 6) is 2.48. The van der Waals surface area contributed by atoms with Gasteiger partial charge in [0.25, 0.3) is 0 Å². The van der Waals surface area contributed by atoms with E-state index in [1.54, 1.807) is 7.05 Å². The SMILES string of the molecule is C#CC1(C(=O)NC)CC1. The molecule has 1 saturated carbocycles. The number of carbonyl (C=O) groups is 1. The van der Waals surface area contributed by atoms with Crippen molar-refractivity contribution in [1.29, 1.82) is 0 Å². The van der Waals surface area contributed by atoms with Crippen molar-refractivity contribution in [2.24, 2.45) is 5.41 Å². The van der Waals surface area contributed by atoms with E-state index in [1.807, 2.05) is 0 Å². The molecule has 1 amide bonds. The Balaban J connectivity index is 2.63. The van der Waals surface area contributed by atoms with Crippen LogP contribution in [0.3, 0.4) is 0 Å². The highest BCUT2D eigenvalue weighted by molar-refractivity contribution is 5.88. The van der Waals surface area contributed by atoms with E-state index < -0.39 is 5.41 Å². The molecule has 2 nitrogen and oxygen atoms in total. The van der Waals surface area contributed by atoms with Gasteiger partial charge in [0.2, 0.25) is 5.91 Å². The molecule has 1 N–H and O–H groups in total. The second kappa shape index (κ2) is 1.77. The van der Waals surface area contributed by atoms with Crippen molar-refractivity contribution in [3.05, 3.63) is 0 Å². The van der Waals surface area contributed by atoms with Crippen molar-refractivity contribution in [3.8, 4) is 12.3 Å². The minimum absolute atomic E-state index is 0.00926. The van der Waals surface area contributed by atoms with Crippen molar-refractivity contribution in [2.45, 2.75) is 12.8 Å². The third-order valence-electron chi connectivity index (χ3n) is 1.69. The topological polar surface area (TPSA) is 29.1 Å². The second-order valence-corrected chi connectivity index (χ2v) is 2.31. The fraction of sp³-hybridized carbons (Fsp3) is 0.571. The van der Waals surface area contributed by atoms with Gasteiger partial charge in [-0.15, -0.1) is 6.42 Å². The average molecular weight is 123 g/mol. The van der Waals surface area contributed by atoms with E-state index in [0.29, 0.717) is 0 Å². The van der Waals surface area contributed by atoms with Crippen LogP contribution in [0.1, 0.15) is 12.8 Å². The molecule has 1 fully saturated rings. The molecule has 0 heterocycles. The van der Waals surface area contributed by atoms with Gasteiger partial charge in [0.1, 0.15) is 5.41 Å². The van der Waals surface area contributed by atoms with Crippen LogP contribution in [-0.2, 0) is 4.79 Å². The molecule has 0 atom stereocenters. The normalized spacial score (nSPS) is 20.0. The summed E-state index contributed by atoms with van der Waals surface area (Å²) >= 11 is 0. The maximum Gasteiger partial charge on any atom is 0.238 e. The molecule has 9 heavy (non-hydrogen) atoms. The third kappa shape index (κ3) is 0.787. The summed E-state index contributed by atoms with van der Waals surface area (Å²) in [6, 6.07) is 0. The Morgan fingerprint density at radius 1 is 1.78 bits per heavy atom. The highest BCUT2D eigenvalue weighted by Crippen LogP contribution is 2.44. The number of amides is 1. The fourth-order valence-corrected chi connectivity index (χ4v) is 0.801. The van der Waals surface area contributed by atoms with Crippen LogP contribution in [-0.4, -0.2) is 13.0 Å². The van der Waals surface area contributed by atoms with Crippen LogP contribution in [0.2, 0.25) is 0 Å². The first-order valence-electron chi connectivity index (χ1n) is 2.95. The van der Waals surface area contributed by atoms with Crippen LogP contribution in [0.5, 0.6) is 0 Å². The molecule has 0 aromatic rings. The zero-order valence-electron chi connectivity index (χ0n) is 5.40. The molecule has 1 aliphatic carbocycles. The van der Waals surface area contributed by atoms with Gasteiger partial charge in [-0.05, 0) is 12.8 Å². The summed E-state index contributed by atoms with van der Waals surface area (Å²) in [5, 5.41) is 2.54. The quantitative estimate of drug-likeness (QED) is 0.494. The van der Waals surface area contributed by atoms with E-state index in [2.05, 4.69) is 11.2 Å². The van der Waals surface area contributed by atoms with E-state index >= 15 is 0 Å². The monoisotopic (exact) mass is 123 g/mol. The Bertz CT molecular complexity index is 174. The van der Waals surface area contributed by atoms with Crippen molar-refractivity contribution in [1.82, 2.24) is 5.32 Å². The number of hydrogen-bond donors (Lipinski definition) is 1. The lowest BCUT2D eigenvalue weighted by Crippen LogP contribution is -2.27. The predicted molar refractivity (Wildman–Crippen MR) is 34.6 cm³/mol. The second-order valence-electron chi connectivity index (χ2n) is 2.31. The van der Waals surface area contributed by atoms with E-state index in [4.69, 9.17) is 6.42 Å². The van der Waals surface area contributed by atoms with Crippen LogP contribution >= 0.6 is 0 Å². The van der Waals surface area contributed by atoms with Gasteiger partial charge in [-0.25, -0.2) is 0 Å². The summed E-state index contributed by atoms with van der Waals surface area (Å²) in [5.41, 5.74) is -0.422. The molecule has 0 aromatic carbocycles. The summed E-state index contributed by atoms with van der Waals surface area (Å²) in [4.78, 5) is 10.9. The lowest BCUT2D eigenvalue weighted by atomic mass is 10.1. The van der Waals surface area contributed by atoms with Gasteiger partial charge in [0.15, 0.2) is 0 Å². The first kappa shape index (κ1) is 6.15. The van der Waals surface area contributed by atoms with Crippen molar-refractivity contribution in [2.75, 3.05) is 7.05 Å². The predicted octanol–water partition coefficient (Wildman–Crippen LogP) is 0.146. The van der Waals surface area contributed by atoms with E-state index in [0.717, 1.165) is 12.8 Å². The molecule has 48 valence electrons. The number of hydrogen-bond acceptors (Lipinski definition) is 1. The molecule has 1 rings (SSSR count). The van der Waals surface area contributed by atoms with Crippen molar-refractivity contribution >= 4 is 5.91 Å². The largest absolute Gasteiger partial charge is 0.358 e. The van der Waals surface area contributed by atoms with Gasteiger partial charge in [-0.3, -0.25) is 4.79 Å². The first-order chi connectivity index (χ1) is 4.25. The minimum Gasteiger partial charge on any atom is -0.358 e. The molecule has 0 aromatic heterocycles. The number of nitrogens with one attached hydrogen (secondary N) is 1. The van der Waals surface area contributed by atoms with Crippen LogP contribution < -0.4 is 5.32 Å². The van der Waals surface area contributed by atoms with Crippen LogP contribution in [0.4, 0.5) is 0 Å². The molecular formula is C7H9NO. The molecule has 0 spiro atoms. The molecule has 1 aliphatic rings. The molecular weight excluding hydrogens is 114 g/mol. The van der Waals surface area contributed by atoms with Crippen molar-refractivity contribution < 1.29 is 4.79 Å². The Kier molecular flexibility index (Phi) is 1.21. The van der Waals surface area contributed by atoms with E-state index in [-0.39, 0.29) is 5.91 Å². The standard InChI is InChI=1S/C7H9NO/c1-3-7(4-5-7)6(9)8-2/h1H,4-5H2,2H3,(H,8,9). The maximum atomic E-state index is 10.9. The molecule has 0 aliphatic heterocycles. The zero-order chi connectivity index (χ0) is 6.91. The zero-order valence-corrected chi connectivity index (χ0v) is 5.40. The number of rotatable bonds is 1. The lowest BCUT2D eigenvalue weighted by Gasteiger charge is -2.02. The average Bonchev–Trinajstić information content (AvgIpc) is 2.66. The van der Waals surface area contributed by atoms with Crippen molar-refractivity contribution in [3.63, 3.8) is 0 Å². The van der Waals surface area contributed by atoms with E-state index in [1.165, 1.54) is 0 Å². The molecule has 0 saturated heterocycles. The van der Waals surface area contributed by atoms with Gasteiger partial charge in [-0.2, -0.15) is 0 Å². The van der Waals surface area contributed by atoms with Crippen LogP contribution in [0.15, 0.2) is 0 Å². The third-order valence-corrected chi connectivity index (χ3v) is 1.69. The Labute approximate surface area is 54.6 Å². The minimum atomic E-state index is -0.422. The van der Waals surface area contributed by atoms with Gasteiger partial charge in [-0.1, -0.05) is 5.92 Å². The fourth-order valence-electron chi connectivity index (χ4n) is 0.801. The first-order valence-corrected chi connectivity index (χ1v) is 2.95. The van der Waals surface area contributed by atoms with Gasteiger partial charge >= 0.3 is 0 Å². The summed E-state index contributed by atoms with van der Waals surface area (Å²) < 4.78 is 0. The summed E-state index contributed by atoms with van der Waals surface area (Å²) in [6.07, 6.45) is 6.84. The Morgan fingerprint density at radius 2 is 2.33 bits per heavy atom. The van der Waals surface area contributed by atoms with Crippen LogP contribution in [0, 0.1) is 17.8 Å². The van der Waals surface area contributed by atoms with Gasteiger partial charge < -0.3 is 5.32 Å². The number of carbonyl (C=O) groups excluding carboxylic acids is 1. The lowest BCUT2D eigenvalue weighted by molar-refractivity contribution is -0.123. The smallest absolute Gasteiger partial charge is 0.238 e.